The Labute approximate surface area is 133 Å². The Morgan fingerprint density at radius 1 is 1.24 bits per heavy atom. The lowest BCUT2D eigenvalue weighted by molar-refractivity contribution is 0.135. The highest BCUT2D eigenvalue weighted by Crippen LogP contribution is 2.44. The minimum atomic E-state index is -0.184. The number of ether oxygens (including phenoxy) is 2. The molecule has 4 heteroatoms. The van der Waals surface area contributed by atoms with Crippen molar-refractivity contribution in [2.75, 3.05) is 5.73 Å². The largest absolute Gasteiger partial charge is 0.483 e. The average molecular weight is 348 g/mol. The van der Waals surface area contributed by atoms with Crippen LogP contribution >= 0.6 is 15.9 Å². The number of hydrogen-bond donors (Lipinski definition) is 1. The van der Waals surface area contributed by atoms with E-state index in [0.717, 1.165) is 39.4 Å². The van der Waals surface area contributed by atoms with Gasteiger partial charge in [-0.15, -0.1) is 0 Å². The summed E-state index contributed by atoms with van der Waals surface area (Å²) >= 11 is 3.50. The summed E-state index contributed by atoms with van der Waals surface area (Å²) in [6.45, 7) is 6.13. The molecule has 0 aliphatic carbocycles. The Bertz CT molecular complexity index is 710. The zero-order chi connectivity index (χ0) is 15.2. The molecule has 2 N–H and O–H groups in total. The van der Waals surface area contributed by atoms with Gasteiger partial charge in [0.15, 0.2) is 11.5 Å². The van der Waals surface area contributed by atoms with Crippen LogP contribution in [0, 0.1) is 6.92 Å². The van der Waals surface area contributed by atoms with E-state index in [0.29, 0.717) is 0 Å². The number of anilines is 1. The first-order valence-corrected chi connectivity index (χ1v) is 7.69. The van der Waals surface area contributed by atoms with E-state index in [1.54, 1.807) is 0 Å². The maximum Gasteiger partial charge on any atom is 0.169 e. The van der Waals surface area contributed by atoms with Crippen LogP contribution in [0.2, 0.25) is 0 Å². The number of fused-ring (bicyclic) bond motifs is 1. The Kier molecular flexibility index (Phi) is 3.36. The van der Waals surface area contributed by atoms with Gasteiger partial charge in [-0.1, -0.05) is 12.1 Å². The molecule has 0 bridgehead atoms. The second-order valence-corrected chi connectivity index (χ2v) is 6.88. The third kappa shape index (κ3) is 2.72. The predicted octanol–water partition coefficient (Wildman–Crippen LogP) is 4.85. The van der Waals surface area contributed by atoms with Gasteiger partial charge in [-0.25, -0.2) is 0 Å². The summed E-state index contributed by atoms with van der Waals surface area (Å²) in [5.74, 6) is 2.32. The van der Waals surface area contributed by atoms with E-state index in [2.05, 4.69) is 35.8 Å². The second-order valence-electron chi connectivity index (χ2n) is 6.02. The Morgan fingerprint density at radius 3 is 2.76 bits per heavy atom. The van der Waals surface area contributed by atoms with E-state index in [4.69, 9.17) is 15.2 Å². The SMILES string of the molecule is Cc1cc(Oc2cccc3c2OC(C)(C)C3)c(Br)cc1N. The summed E-state index contributed by atoms with van der Waals surface area (Å²) in [6, 6.07) is 9.80. The van der Waals surface area contributed by atoms with Crippen molar-refractivity contribution in [3.63, 3.8) is 0 Å². The molecule has 0 spiro atoms. The van der Waals surface area contributed by atoms with Crippen molar-refractivity contribution in [1.82, 2.24) is 0 Å². The number of rotatable bonds is 2. The topological polar surface area (TPSA) is 44.5 Å². The summed E-state index contributed by atoms with van der Waals surface area (Å²) in [4.78, 5) is 0. The lowest BCUT2D eigenvalue weighted by atomic mass is 10.0. The molecule has 1 heterocycles. The van der Waals surface area contributed by atoms with Crippen LogP contribution in [0.1, 0.15) is 25.0 Å². The normalized spacial score (nSPS) is 15.4. The molecule has 0 saturated carbocycles. The molecule has 3 rings (SSSR count). The molecular weight excluding hydrogens is 330 g/mol. The van der Waals surface area contributed by atoms with Crippen LogP contribution in [0.25, 0.3) is 0 Å². The fraction of sp³-hybridized carbons (Fsp3) is 0.294. The number of nitrogens with two attached hydrogens (primary N) is 1. The van der Waals surface area contributed by atoms with Crippen molar-refractivity contribution in [3.8, 4) is 17.2 Å². The third-order valence-corrected chi connectivity index (χ3v) is 4.22. The average Bonchev–Trinajstić information content (AvgIpc) is 2.71. The number of aryl methyl sites for hydroxylation is 1. The minimum Gasteiger partial charge on any atom is -0.483 e. The fourth-order valence-corrected chi connectivity index (χ4v) is 2.98. The Morgan fingerprint density at radius 2 is 2.00 bits per heavy atom. The summed E-state index contributed by atoms with van der Waals surface area (Å²) in [5.41, 5.74) is 8.62. The zero-order valence-electron chi connectivity index (χ0n) is 12.4. The van der Waals surface area contributed by atoms with E-state index in [1.807, 2.05) is 31.2 Å². The maximum absolute atomic E-state index is 6.05. The highest BCUT2D eigenvalue weighted by atomic mass is 79.9. The van der Waals surface area contributed by atoms with E-state index < -0.39 is 0 Å². The van der Waals surface area contributed by atoms with E-state index in [9.17, 15) is 0 Å². The van der Waals surface area contributed by atoms with Gasteiger partial charge in [0.25, 0.3) is 0 Å². The Hall–Kier alpha value is -1.68. The lowest BCUT2D eigenvalue weighted by Crippen LogP contribution is -2.24. The summed E-state index contributed by atoms with van der Waals surface area (Å²) in [5, 5.41) is 0. The monoisotopic (exact) mass is 347 g/mol. The fourth-order valence-electron chi connectivity index (χ4n) is 2.53. The van der Waals surface area contributed by atoms with Crippen molar-refractivity contribution in [2.24, 2.45) is 0 Å². The van der Waals surface area contributed by atoms with Gasteiger partial charge in [-0.2, -0.15) is 0 Å². The van der Waals surface area contributed by atoms with Gasteiger partial charge in [-0.3, -0.25) is 0 Å². The summed E-state index contributed by atoms with van der Waals surface area (Å²) in [7, 11) is 0. The highest BCUT2D eigenvalue weighted by molar-refractivity contribution is 9.10. The molecule has 3 nitrogen and oxygen atoms in total. The molecule has 21 heavy (non-hydrogen) atoms. The smallest absolute Gasteiger partial charge is 0.169 e. The molecule has 0 fully saturated rings. The highest BCUT2D eigenvalue weighted by Gasteiger charge is 2.32. The first-order chi connectivity index (χ1) is 9.85. The molecular formula is C17H18BrNO2. The van der Waals surface area contributed by atoms with Crippen LogP contribution in [-0.2, 0) is 6.42 Å². The van der Waals surface area contributed by atoms with Crippen LogP contribution in [-0.4, -0.2) is 5.60 Å². The molecule has 0 atom stereocenters. The van der Waals surface area contributed by atoms with Gasteiger partial charge < -0.3 is 15.2 Å². The quantitative estimate of drug-likeness (QED) is 0.790. The molecule has 1 aliphatic rings. The predicted molar refractivity (Wildman–Crippen MR) is 88.2 cm³/mol. The third-order valence-electron chi connectivity index (χ3n) is 3.60. The first-order valence-electron chi connectivity index (χ1n) is 6.90. The van der Waals surface area contributed by atoms with Crippen LogP contribution in [0.15, 0.2) is 34.8 Å². The molecule has 2 aromatic rings. The van der Waals surface area contributed by atoms with E-state index >= 15 is 0 Å². The van der Waals surface area contributed by atoms with Crippen molar-refractivity contribution in [3.05, 3.63) is 45.9 Å². The van der Waals surface area contributed by atoms with Gasteiger partial charge >= 0.3 is 0 Å². The molecule has 0 amide bonds. The molecule has 0 aromatic heterocycles. The van der Waals surface area contributed by atoms with Crippen molar-refractivity contribution >= 4 is 21.6 Å². The minimum absolute atomic E-state index is 0.184. The number of nitrogen functional groups attached to an aromatic ring is 1. The van der Waals surface area contributed by atoms with Crippen LogP contribution in [0.3, 0.4) is 0 Å². The summed E-state index contributed by atoms with van der Waals surface area (Å²) in [6.07, 6.45) is 0.890. The molecule has 0 radical (unpaired) electrons. The van der Waals surface area contributed by atoms with E-state index in [-0.39, 0.29) is 5.60 Å². The molecule has 0 unspecified atom stereocenters. The standard InChI is InChI=1S/C17H18BrNO2/c1-10-7-15(12(18)8-13(10)19)20-14-6-4-5-11-9-17(2,3)21-16(11)14/h4-8H,9,19H2,1-3H3. The molecule has 1 aliphatic heterocycles. The lowest BCUT2D eigenvalue weighted by Gasteiger charge is -2.18. The van der Waals surface area contributed by atoms with Crippen molar-refractivity contribution in [2.45, 2.75) is 32.8 Å². The van der Waals surface area contributed by atoms with Crippen molar-refractivity contribution in [1.29, 1.82) is 0 Å². The van der Waals surface area contributed by atoms with Crippen LogP contribution in [0.5, 0.6) is 17.2 Å². The van der Waals surface area contributed by atoms with E-state index in [1.165, 1.54) is 5.56 Å². The zero-order valence-corrected chi connectivity index (χ0v) is 14.0. The van der Waals surface area contributed by atoms with Gasteiger partial charge in [0, 0.05) is 17.7 Å². The van der Waals surface area contributed by atoms with Gasteiger partial charge in [0.1, 0.15) is 11.4 Å². The van der Waals surface area contributed by atoms with Crippen LogP contribution in [0.4, 0.5) is 5.69 Å². The molecule has 0 saturated heterocycles. The number of para-hydroxylation sites is 1. The Balaban J connectivity index is 1.98. The van der Waals surface area contributed by atoms with Gasteiger partial charge in [0.05, 0.1) is 4.47 Å². The second kappa shape index (κ2) is 4.95. The molecule has 110 valence electrons. The number of halogens is 1. The van der Waals surface area contributed by atoms with Gasteiger partial charge in [-0.05, 0) is 60.5 Å². The summed E-state index contributed by atoms with van der Waals surface area (Å²) < 4.78 is 12.9. The van der Waals surface area contributed by atoms with Gasteiger partial charge in [0.2, 0.25) is 0 Å². The van der Waals surface area contributed by atoms with Crippen molar-refractivity contribution < 1.29 is 9.47 Å². The molecule has 2 aromatic carbocycles. The maximum atomic E-state index is 6.05. The number of hydrogen-bond acceptors (Lipinski definition) is 3. The van der Waals surface area contributed by atoms with Crippen LogP contribution < -0.4 is 15.2 Å². The number of benzene rings is 2. The first kappa shape index (κ1) is 14.3.